The van der Waals surface area contributed by atoms with Crippen molar-refractivity contribution in [1.29, 1.82) is 0 Å². The zero-order valence-corrected chi connectivity index (χ0v) is 13.6. The molecule has 0 saturated carbocycles. The van der Waals surface area contributed by atoms with Gasteiger partial charge >= 0.3 is 0 Å². The van der Waals surface area contributed by atoms with Crippen molar-refractivity contribution in [3.63, 3.8) is 0 Å². The first kappa shape index (κ1) is 12.4. The lowest BCUT2D eigenvalue weighted by Crippen LogP contribution is -1.98. The normalized spacial score (nSPS) is 11.0. The molecule has 1 N–H and O–H groups in total. The van der Waals surface area contributed by atoms with Crippen molar-refractivity contribution >= 4 is 66.5 Å². The molecule has 2 nitrogen and oxygen atoms in total. The highest BCUT2D eigenvalue weighted by Gasteiger charge is 2.15. The number of ketones is 1. The number of nitrogens with one attached hydrogen (secondary N) is 1. The molecule has 0 aliphatic rings. The fraction of sp³-hybridized carbons (Fsp3) is 0. The Morgan fingerprint density at radius 1 is 1.33 bits per heavy atom. The van der Waals surface area contributed by atoms with Gasteiger partial charge in [0.25, 0.3) is 0 Å². The van der Waals surface area contributed by atoms with Gasteiger partial charge in [0.05, 0.1) is 2.88 Å². The Hall–Kier alpha value is -0.660. The highest BCUT2D eigenvalue weighted by Crippen LogP contribution is 2.26. The largest absolute Gasteiger partial charge is 0.360 e. The van der Waals surface area contributed by atoms with Gasteiger partial charge in [-0.2, -0.15) is 0 Å². The van der Waals surface area contributed by atoms with Gasteiger partial charge in [0.1, 0.15) is 0 Å². The van der Waals surface area contributed by atoms with Crippen molar-refractivity contribution in [3.05, 3.63) is 54.3 Å². The molecule has 1 aromatic carbocycles. The Morgan fingerprint density at radius 2 is 2.17 bits per heavy atom. The Balaban J connectivity index is 2.14. The molecular formula is C13H7BrINOS. The lowest BCUT2D eigenvalue weighted by molar-refractivity contribution is 0.104. The van der Waals surface area contributed by atoms with Crippen LogP contribution in [-0.2, 0) is 0 Å². The fourth-order valence-corrected chi connectivity index (χ4v) is 3.55. The summed E-state index contributed by atoms with van der Waals surface area (Å²) in [5.74, 6) is 0.0681. The van der Waals surface area contributed by atoms with Crippen LogP contribution in [0, 0.1) is 2.88 Å². The van der Waals surface area contributed by atoms with Gasteiger partial charge in [0, 0.05) is 38.1 Å². The van der Waals surface area contributed by atoms with Crippen molar-refractivity contribution in [2.75, 3.05) is 0 Å². The van der Waals surface area contributed by atoms with Gasteiger partial charge in [0.2, 0.25) is 0 Å². The number of benzene rings is 1. The zero-order valence-electron chi connectivity index (χ0n) is 9.04. The molecule has 0 aliphatic heterocycles. The van der Waals surface area contributed by atoms with Crippen LogP contribution in [0.4, 0.5) is 0 Å². The van der Waals surface area contributed by atoms with Crippen molar-refractivity contribution in [2.45, 2.75) is 0 Å². The summed E-state index contributed by atoms with van der Waals surface area (Å²) in [5, 5.41) is 2.86. The van der Waals surface area contributed by atoms with Crippen LogP contribution >= 0.6 is 49.9 Å². The fourth-order valence-electron chi connectivity index (χ4n) is 1.87. The van der Waals surface area contributed by atoms with Crippen LogP contribution in [0.25, 0.3) is 10.9 Å². The summed E-state index contributed by atoms with van der Waals surface area (Å²) in [6, 6.07) is 7.81. The third-order valence-corrected chi connectivity index (χ3v) is 5.00. The number of fused-ring (bicyclic) bond motifs is 1. The second-order valence-electron chi connectivity index (χ2n) is 3.86. The Labute approximate surface area is 130 Å². The number of halogens is 2. The first-order valence-electron chi connectivity index (χ1n) is 5.20. The molecule has 0 radical (unpaired) electrons. The maximum atomic E-state index is 12.4. The number of H-pyrrole nitrogens is 1. The summed E-state index contributed by atoms with van der Waals surface area (Å²) in [6.45, 7) is 0. The smallest absolute Gasteiger partial charge is 0.196 e. The van der Waals surface area contributed by atoms with Gasteiger partial charge < -0.3 is 4.98 Å². The molecule has 90 valence electrons. The van der Waals surface area contributed by atoms with Crippen molar-refractivity contribution < 1.29 is 4.79 Å². The SMILES string of the molecule is O=C(c1csc(I)c1)c1c[nH]c2ccc(Br)cc12. The van der Waals surface area contributed by atoms with Gasteiger partial charge in [-0.15, -0.1) is 11.3 Å². The van der Waals surface area contributed by atoms with Gasteiger partial charge in [-0.05, 0) is 46.9 Å². The van der Waals surface area contributed by atoms with E-state index < -0.39 is 0 Å². The summed E-state index contributed by atoms with van der Waals surface area (Å²) >= 11 is 7.25. The molecule has 2 aromatic heterocycles. The van der Waals surface area contributed by atoms with Crippen LogP contribution in [0.3, 0.4) is 0 Å². The van der Waals surface area contributed by atoms with Gasteiger partial charge in [-0.1, -0.05) is 15.9 Å². The van der Waals surface area contributed by atoms with Crippen molar-refractivity contribution in [2.24, 2.45) is 0 Å². The second kappa shape index (κ2) is 4.79. The molecule has 0 saturated heterocycles. The number of rotatable bonds is 2. The number of carbonyl (C=O) groups is 1. The molecule has 2 heterocycles. The Kier molecular flexibility index (Phi) is 3.29. The lowest BCUT2D eigenvalue weighted by atomic mass is 10.1. The lowest BCUT2D eigenvalue weighted by Gasteiger charge is -1.97. The minimum absolute atomic E-state index is 0.0681. The van der Waals surface area contributed by atoms with E-state index in [4.69, 9.17) is 0 Å². The van der Waals surface area contributed by atoms with E-state index in [0.717, 1.165) is 29.4 Å². The predicted octanol–water partition coefficient (Wildman–Crippen LogP) is 4.83. The minimum Gasteiger partial charge on any atom is -0.360 e. The monoisotopic (exact) mass is 431 g/mol. The Bertz CT molecular complexity index is 746. The van der Waals surface area contributed by atoms with Crippen LogP contribution in [0.1, 0.15) is 15.9 Å². The van der Waals surface area contributed by atoms with E-state index in [1.54, 1.807) is 17.5 Å². The van der Waals surface area contributed by atoms with Gasteiger partial charge in [-0.3, -0.25) is 4.79 Å². The molecule has 5 heteroatoms. The molecule has 0 bridgehead atoms. The van der Waals surface area contributed by atoms with Crippen LogP contribution in [0.2, 0.25) is 0 Å². The molecule has 0 amide bonds. The molecule has 0 unspecified atom stereocenters. The number of hydrogen-bond acceptors (Lipinski definition) is 2. The molecule has 0 fully saturated rings. The molecule has 3 rings (SSSR count). The van der Waals surface area contributed by atoms with Crippen LogP contribution < -0.4 is 0 Å². The van der Waals surface area contributed by atoms with Crippen LogP contribution in [0.5, 0.6) is 0 Å². The molecule has 3 aromatic rings. The van der Waals surface area contributed by atoms with Crippen LogP contribution in [0.15, 0.2) is 40.3 Å². The van der Waals surface area contributed by atoms with E-state index in [1.165, 1.54) is 0 Å². The summed E-state index contributed by atoms with van der Waals surface area (Å²) in [6.07, 6.45) is 1.78. The van der Waals surface area contributed by atoms with E-state index in [1.807, 2.05) is 29.6 Å². The topological polar surface area (TPSA) is 32.9 Å². The first-order chi connectivity index (χ1) is 8.65. The number of aromatic nitrogens is 1. The average Bonchev–Trinajstić information content (AvgIpc) is 2.94. The van der Waals surface area contributed by atoms with Gasteiger partial charge in [-0.25, -0.2) is 0 Å². The summed E-state index contributed by atoms with van der Waals surface area (Å²) in [5.41, 5.74) is 2.46. The van der Waals surface area contributed by atoms with E-state index in [9.17, 15) is 4.79 Å². The minimum atomic E-state index is 0.0681. The second-order valence-corrected chi connectivity index (χ2v) is 7.58. The molecule has 0 aliphatic carbocycles. The number of hydrogen-bond donors (Lipinski definition) is 1. The third-order valence-electron chi connectivity index (χ3n) is 2.72. The summed E-state index contributed by atoms with van der Waals surface area (Å²) < 4.78 is 2.10. The third kappa shape index (κ3) is 2.15. The molecule has 18 heavy (non-hydrogen) atoms. The zero-order chi connectivity index (χ0) is 12.7. The average molecular weight is 432 g/mol. The maximum absolute atomic E-state index is 12.4. The van der Waals surface area contributed by atoms with Gasteiger partial charge in [0.15, 0.2) is 5.78 Å². The summed E-state index contributed by atoms with van der Waals surface area (Å²) in [4.78, 5) is 15.5. The quantitative estimate of drug-likeness (QED) is 0.457. The molecular weight excluding hydrogens is 425 g/mol. The van der Waals surface area contributed by atoms with E-state index in [-0.39, 0.29) is 5.78 Å². The first-order valence-corrected chi connectivity index (χ1v) is 7.95. The molecule has 0 spiro atoms. The number of aromatic amines is 1. The number of carbonyl (C=O) groups excluding carboxylic acids is 1. The predicted molar refractivity (Wildman–Crippen MR) is 86.5 cm³/mol. The van der Waals surface area contributed by atoms with Crippen LogP contribution in [-0.4, -0.2) is 10.8 Å². The van der Waals surface area contributed by atoms with E-state index in [2.05, 4.69) is 43.5 Å². The number of thiophene rings is 1. The summed E-state index contributed by atoms with van der Waals surface area (Å²) in [7, 11) is 0. The van der Waals surface area contributed by atoms with Crippen molar-refractivity contribution in [3.8, 4) is 0 Å². The Morgan fingerprint density at radius 3 is 2.89 bits per heavy atom. The standard InChI is InChI=1S/C13H7BrINOS/c14-8-1-2-11-9(4-8)10(5-16-11)13(17)7-3-12(15)18-6-7/h1-6,16H. The van der Waals surface area contributed by atoms with E-state index >= 15 is 0 Å². The van der Waals surface area contributed by atoms with E-state index in [0.29, 0.717) is 0 Å². The highest BCUT2D eigenvalue weighted by atomic mass is 127. The highest BCUT2D eigenvalue weighted by molar-refractivity contribution is 14.1. The van der Waals surface area contributed by atoms with Crippen molar-refractivity contribution in [1.82, 2.24) is 4.98 Å². The maximum Gasteiger partial charge on any atom is 0.196 e. The molecule has 0 atom stereocenters.